The smallest absolute Gasteiger partial charge is 0.248 e. The first kappa shape index (κ1) is 27.6. The lowest BCUT2D eigenvalue weighted by Crippen LogP contribution is -2.12. The van der Waals surface area contributed by atoms with Crippen LogP contribution in [0, 0.1) is 5.82 Å². The topological polar surface area (TPSA) is 91.4 Å². The summed E-state index contributed by atoms with van der Waals surface area (Å²) in [6.07, 6.45) is 4.75. The van der Waals surface area contributed by atoms with Crippen LogP contribution in [0.3, 0.4) is 0 Å². The largest absolute Gasteiger partial charge is 0.487 e. The zero-order chi connectivity index (χ0) is 27.6. The van der Waals surface area contributed by atoms with E-state index < -0.39 is 0 Å². The summed E-state index contributed by atoms with van der Waals surface area (Å²) in [5.74, 6) is 1.07. The standard InChI is InChI=1S/C29H28ClFN6O2/c1-37(2)13-5-10-29(38)36-23-9-4-8-22(15-23)34-27-17-28(33-19-32-27)35-24-11-12-26(25(30)16-24)39-18-20-6-3-7-21(31)14-20/h3-12,14-17,19H,13,18H2,1-2H3,(H,36,38)(H2,32,33,34,35). The molecule has 3 N–H and O–H groups in total. The van der Waals surface area contributed by atoms with E-state index in [-0.39, 0.29) is 18.3 Å². The molecule has 4 rings (SSSR count). The van der Waals surface area contributed by atoms with Gasteiger partial charge in [0.1, 0.15) is 36.1 Å². The summed E-state index contributed by atoms with van der Waals surface area (Å²) in [7, 11) is 3.87. The van der Waals surface area contributed by atoms with E-state index >= 15 is 0 Å². The third-order valence-corrected chi connectivity index (χ3v) is 5.59. The molecular weight excluding hydrogens is 519 g/mol. The first-order valence-corrected chi connectivity index (χ1v) is 12.5. The molecule has 8 nitrogen and oxygen atoms in total. The van der Waals surface area contributed by atoms with Gasteiger partial charge in [-0.2, -0.15) is 0 Å². The number of carbonyl (C=O) groups excluding carboxylic acids is 1. The first-order chi connectivity index (χ1) is 18.8. The minimum absolute atomic E-state index is 0.198. The highest BCUT2D eigenvalue weighted by atomic mass is 35.5. The molecule has 0 aliphatic carbocycles. The van der Waals surface area contributed by atoms with Crippen LogP contribution in [0.25, 0.3) is 0 Å². The maximum absolute atomic E-state index is 13.4. The summed E-state index contributed by atoms with van der Waals surface area (Å²) in [6, 6.07) is 20.6. The lowest BCUT2D eigenvalue weighted by atomic mass is 10.2. The molecule has 39 heavy (non-hydrogen) atoms. The summed E-state index contributed by atoms with van der Waals surface area (Å²) in [5.41, 5.74) is 2.81. The molecule has 0 bridgehead atoms. The molecular formula is C29H28ClFN6O2. The van der Waals surface area contributed by atoms with Crippen LogP contribution in [0.1, 0.15) is 5.56 Å². The number of ether oxygens (including phenoxy) is 1. The Morgan fingerprint density at radius 2 is 1.67 bits per heavy atom. The van der Waals surface area contributed by atoms with Crippen molar-refractivity contribution in [2.45, 2.75) is 6.61 Å². The molecule has 0 saturated heterocycles. The molecule has 0 spiro atoms. The minimum Gasteiger partial charge on any atom is -0.487 e. The molecule has 200 valence electrons. The molecule has 4 aromatic rings. The zero-order valence-corrected chi connectivity index (χ0v) is 22.2. The van der Waals surface area contributed by atoms with E-state index in [9.17, 15) is 9.18 Å². The summed E-state index contributed by atoms with van der Waals surface area (Å²) in [6.45, 7) is 0.878. The molecule has 1 amide bonds. The Morgan fingerprint density at radius 1 is 0.949 bits per heavy atom. The average Bonchev–Trinajstić information content (AvgIpc) is 2.88. The van der Waals surface area contributed by atoms with Gasteiger partial charge in [-0.1, -0.05) is 35.9 Å². The maximum Gasteiger partial charge on any atom is 0.248 e. The van der Waals surface area contributed by atoms with Gasteiger partial charge < -0.3 is 25.6 Å². The second-order valence-electron chi connectivity index (χ2n) is 8.84. The third-order valence-electron chi connectivity index (χ3n) is 5.30. The van der Waals surface area contributed by atoms with E-state index in [1.807, 2.05) is 43.3 Å². The number of hydrogen-bond acceptors (Lipinski definition) is 7. The number of nitrogens with one attached hydrogen (secondary N) is 3. The number of likely N-dealkylation sites (N-methyl/N-ethyl adjacent to an activating group) is 1. The minimum atomic E-state index is -0.316. The number of rotatable bonds is 11. The molecule has 0 radical (unpaired) electrons. The van der Waals surface area contributed by atoms with Crippen LogP contribution >= 0.6 is 11.6 Å². The number of halogens is 2. The van der Waals surface area contributed by atoms with Crippen molar-refractivity contribution in [3.63, 3.8) is 0 Å². The van der Waals surface area contributed by atoms with Crippen molar-refractivity contribution in [1.29, 1.82) is 0 Å². The Morgan fingerprint density at radius 3 is 2.38 bits per heavy atom. The lowest BCUT2D eigenvalue weighted by molar-refractivity contribution is -0.111. The summed E-state index contributed by atoms with van der Waals surface area (Å²) in [5, 5.41) is 9.66. The predicted molar refractivity (Wildman–Crippen MR) is 154 cm³/mol. The fourth-order valence-electron chi connectivity index (χ4n) is 3.50. The highest BCUT2D eigenvalue weighted by molar-refractivity contribution is 6.32. The molecule has 0 saturated carbocycles. The number of hydrogen-bond donors (Lipinski definition) is 3. The Bertz CT molecular complexity index is 1460. The van der Waals surface area contributed by atoms with Crippen molar-refractivity contribution in [2.24, 2.45) is 0 Å². The van der Waals surface area contributed by atoms with E-state index in [1.54, 1.807) is 42.5 Å². The van der Waals surface area contributed by atoms with Gasteiger partial charge in [0.2, 0.25) is 5.91 Å². The Labute approximate surface area is 231 Å². The van der Waals surface area contributed by atoms with Crippen molar-refractivity contribution in [3.8, 4) is 5.75 Å². The van der Waals surface area contributed by atoms with Crippen molar-refractivity contribution >= 4 is 46.2 Å². The van der Waals surface area contributed by atoms with Crippen LogP contribution in [0.15, 0.2) is 91.3 Å². The van der Waals surface area contributed by atoms with Gasteiger partial charge in [0.05, 0.1) is 5.02 Å². The van der Waals surface area contributed by atoms with Crippen molar-refractivity contribution < 1.29 is 13.9 Å². The first-order valence-electron chi connectivity index (χ1n) is 12.1. The average molecular weight is 547 g/mol. The van der Waals surface area contributed by atoms with Gasteiger partial charge >= 0.3 is 0 Å². The predicted octanol–water partition coefficient (Wildman–Crippen LogP) is 6.39. The fourth-order valence-corrected chi connectivity index (χ4v) is 3.74. The van der Waals surface area contributed by atoms with Gasteiger partial charge in [0.15, 0.2) is 0 Å². The highest BCUT2D eigenvalue weighted by Gasteiger charge is 2.07. The van der Waals surface area contributed by atoms with Crippen molar-refractivity contribution in [1.82, 2.24) is 14.9 Å². The highest BCUT2D eigenvalue weighted by Crippen LogP contribution is 2.30. The van der Waals surface area contributed by atoms with Crippen LogP contribution in [-0.2, 0) is 11.4 Å². The molecule has 10 heteroatoms. The van der Waals surface area contributed by atoms with Gasteiger partial charge in [-0.15, -0.1) is 0 Å². The van der Waals surface area contributed by atoms with Gasteiger partial charge in [-0.3, -0.25) is 4.79 Å². The van der Waals surface area contributed by atoms with E-state index in [2.05, 4.69) is 25.9 Å². The Hall–Kier alpha value is -4.47. The second-order valence-corrected chi connectivity index (χ2v) is 9.24. The molecule has 0 fully saturated rings. The van der Waals surface area contributed by atoms with Gasteiger partial charge in [-0.05, 0) is 68.2 Å². The number of amides is 1. The quantitative estimate of drug-likeness (QED) is 0.188. The van der Waals surface area contributed by atoms with E-state index in [0.717, 1.165) is 5.69 Å². The maximum atomic E-state index is 13.4. The van der Waals surface area contributed by atoms with Crippen LogP contribution in [0.5, 0.6) is 5.75 Å². The van der Waals surface area contributed by atoms with E-state index in [0.29, 0.717) is 45.9 Å². The molecule has 0 aliphatic heterocycles. The number of aromatic nitrogens is 2. The SMILES string of the molecule is CN(C)CC=CC(=O)Nc1cccc(Nc2cc(Nc3ccc(OCc4cccc(F)c4)c(Cl)c3)ncn2)c1. The molecule has 1 heterocycles. The molecule has 0 aliphatic rings. The van der Waals surface area contributed by atoms with Gasteiger partial charge in [-0.25, -0.2) is 14.4 Å². The summed E-state index contributed by atoms with van der Waals surface area (Å²) >= 11 is 6.40. The van der Waals surface area contributed by atoms with Crippen LogP contribution < -0.4 is 20.7 Å². The number of carbonyl (C=O) groups is 1. The second kappa shape index (κ2) is 13.4. The summed E-state index contributed by atoms with van der Waals surface area (Å²) < 4.78 is 19.1. The molecule has 0 unspecified atom stereocenters. The number of benzene rings is 3. The lowest BCUT2D eigenvalue weighted by Gasteiger charge is -2.12. The van der Waals surface area contributed by atoms with E-state index in [4.69, 9.17) is 16.3 Å². The van der Waals surface area contributed by atoms with Crippen LogP contribution in [0.2, 0.25) is 5.02 Å². The van der Waals surface area contributed by atoms with Crippen LogP contribution in [0.4, 0.5) is 33.1 Å². The van der Waals surface area contributed by atoms with Crippen LogP contribution in [-0.4, -0.2) is 41.4 Å². The Kier molecular flexibility index (Phi) is 9.44. The number of anilines is 5. The third kappa shape index (κ3) is 8.80. The normalized spacial score (nSPS) is 11.0. The summed E-state index contributed by atoms with van der Waals surface area (Å²) in [4.78, 5) is 22.7. The van der Waals surface area contributed by atoms with Crippen molar-refractivity contribution in [2.75, 3.05) is 36.6 Å². The molecule has 3 aromatic carbocycles. The van der Waals surface area contributed by atoms with Gasteiger partial charge in [0.25, 0.3) is 0 Å². The zero-order valence-electron chi connectivity index (χ0n) is 21.5. The van der Waals surface area contributed by atoms with Gasteiger partial charge in [0, 0.05) is 35.7 Å². The number of nitrogens with zero attached hydrogens (tertiary/aromatic N) is 3. The molecule has 1 aromatic heterocycles. The Balaban J connectivity index is 1.36. The molecule has 0 atom stereocenters. The van der Waals surface area contributed by atoms with E-state index in [1.165, 1.54) is 24.5 Å². The van der Waals surface area contributed by atoms with Crippen molar-refractivity contribution in [3.05, 3.63) is 108 Å². The fraction of sp³-hybridized carbons (Fsp3) is 0.138. The monoisotopic (exact) mass is 546 g/mol.